The van der Waals surface area contributed by atoms with Crippen LogP contribution in [0.25, 0.3) is 0 Å². The Hall–Kier alpha value is -1.45. The maximum Gasteiger partial charge on any atom is 0.323 e. The molecule has 1 aliphatic heterocycles. The number of urea groups is 1. The zero-order valence-electron chi connectivity index (χ0n) is 8.83. The van der Waals surface area contributed by atoms with E-state index in [0.717, 1.165) is 19.4 Å². The first-order chi connectivity index (χ1) is 7.19. The van der Waals surface area contributed by atoms with Gasteiger partial charge in [-0.25, -0.2) is 4.79 Å². The Kier molecular flexibility index (Phi) is 2.42. The third-order valence-electron chi connectivity index (χ3n) is 3.33. The van der Waals surface area contributed by atoms with Gasteiger partial charge < -0.3 is 11.1 Å². The van der Waals surface area contributed by atoms with E-state index in [0.29, 0.717) is 5.82 Å². The normalized spacial score (nSPS) is 24.7. The molecule has 0 unspecified atom stereocenters. The van der Waals surface area contributed by atoms with Gasteiger partial charge >= 0.3 is 6.03 Å². The van der Waals surface area contributed by atoms with Crippen molar-refractivity contribution in [1.82, 2.24) is 10.2 Å². The molecule has 4 nitrogen and oxygen atoms in total. The fourth-order valence-corrected chi connectivity index (χ4v) is 2.63. The van der Waals surface area contributed by atoms with Crippen molar-refractivity contribution in [1.29, 1.82) is 0 Å². The lowest BCUT2D eigenvalue weighted by atomic mass is 9.97. The van der Waals surface area contributed by atoms with Crippen molar-refractivity contribution in [2.75, 3.05) is 6.54 Å². The summed E-state index contributed by atoms with van der Waals surface area (Å²) in [6.07, 6.45) is 7.73. The van der Waals surface area contributed by atoms with Crippen molar-refractivity contribution in [2.24, 2.45) is 5.73 Å². The molecule has 2 fully saturated rings. The van der Waals surface area contributed by atoms with E-state index in [4.69, 9.17) is 5.73 Å². The second kappa shape index (κ2) is 3.61. The van der Waals surface area contributed by atoms with Gasteiger partial charge in [0, 0.05) is 6.54 Å². The molecule has 1 spiro atoms. The second-order valence-electron chi connectivity index (χ2n) is 4.25. The predicted octanol–water partition coefficient (Wildman–Crippen LogP) is 1.31. The molecule has 2 aliphatic rings. The minimum Gasteiger partial charge on any atom is -0.385 e. The Morgan fingerprint density at radius 3 is 2.80 bits per heavy atom. The maximum atomic E-state index is 11.7. The van der Waals surface area contributed by atoms with E-state index in [2.05, 4.69) is 11.9 Å². The molecule has 1 aliphatic carbocycles. The molecule has 1 heterocycles. The highest BCUT2D eigenvalue weighted by Gasteiger charge is 2.48. The van der Waals surface area contributed by atoms with Crippen molar-refractivity contribution in [3.05, 3.63) is 24.6 Å². The molecule has 2 amide bonds. The monoisotopic (exact) mass is 207 g/mol. The number of hydrogen-bond acceptors (Lipinski definition) is 2. The van der Waals surface area contributed by atoms with Crippen molar-refractivity contribution in [3.8, 4) is 0 Å². The van der Waals surface area contributed by atoms with E-state index in [1.54, 1.807) is 17.1 Å². The van der Waals surface area contributed by atoms with Crippen LogP contribution >= 0.6 is 0 Å². The molecule has 0 aromatic carbocycles. The molecule has 1 saturated carbocycles. The number of carbonyl (C=O) groups is 1. The fraction of sp³-hybridized carbons (Fsp3) is 0.545. The predicted molar refractivity (Wildman–Crippen MR) is 58.9 cm³/mol. The maximum absolute atomic E-state index is 11.7. The summed E-state index contributed by atoms with van der Waals surface area (Å²) in [6.45, 7) is 4.32. The number of allylic oxidation sites excluding steroid dienone is 2. The van der Waals surface area contributed by atoms with Gasteiger partial charge in [0.25, 0.3) is 0 Å². The number of carbonyl (C=O) groups excluding carboxylic acids is 1. The molecule has 4 heteroatoms. The third kappa shape index (κ3) is 1.50. The van der Waals surface area contributed by atoms with E-state index < -0.39 is 0 Å². The van der Waals surface area contributed by atoms with Gasteiger partial charge in [-0.1, -0.05) is 25.5 Å². The van der Waals surface area contributed by atoms with Crippen LogP contribution < -0.4 is 11.1 Å². The van der Waals surface area contributed by atoms with Crippen molar-refractivity contribution >= 4 is 6.03 Å². The zero-order valence-corrected chi connectivity index (χ0v) is 8.83. The van der Waals surface area contributed by atoms with Crippen molar-refractivity contribution < 1.29 is 4.79 Å². The van der Waals surface area contributed by atoms with Crippen LogP contribution in [0.1, 0.15) is 25.7 Å². The summed E-state index contributed by atoms with van der Waals surface area (Å²) in [7, 11) is 0. The molecule has 3 N–H and O–H groups in total. The van der Waals surface area contributed by atoms with Gasteiger partial charge in [-0.3, -0.25) is 4.90 Å². The molecule has 0 radical (unpaired) electrons. The third-order valence-corrected chi connectivity index (χ3v) is 3.33. The minimum atomic E-state index is -0.0764. The lowest BCUT2D eigenvalue weighted by Gasteiger charge is -2.33. The Morgan fingerprint density at radius 1 is 1.53 bits per heavy atom. The fourth-order valence-electron chi connectivity index (χ4n) is 2.63. The van der Waals surface area contributed by atoms with Crippen LogP contribution in [-0.4, -0.2) is 23.0 Å². The summed E-state index contributed by atoms with van der Waals surface area (Å²) >= 11 is 0. The van der Waals surface area contributed by atoms with E-state index in [1.165, 1.54) is 12.8 Å². The summed E-state index contributed by atoms with van der Waals surface area (Å²) in [5.74, 6) is 0.502. The summed E-state index contributed by atoms with van der Waals surface area (Å²) < 4.78 is 0. The SMILES string of the molecule is C=C/C=C(\N)N1C(=O)NCC12CCCC2. The number of nitrogens with one attached hydrogen (secondary N) is 1. The number of nitrogens with zero attached hydrogens (tertiary/aromatic N) is 1. The Labute approximate surface area is 89.8 Å². The smallest absolute Gasteiger partial charge is 0.323 e. The standard InChI is InChI=1S/C11H17N3O/c1-2-5-9(12)14-10(15)13-8-11(14)6-3-4-7-11/h2,5H,1,3-4,6-8,12H2,(H,13,15)/b9-5+. The molecule has 0 aromatic rings. The van der Waals surface area contributed by atoms with Gasteiger partial charge in [-0.2, -0.15) is 0 Å². The molecule has 0 bridgehead atoms. The first-order valence-electron chi connectivity index (χ1n) is 5.36. The molecule has 82 valence electrons. The molecular formula is C11H17N3O. The number of rotatable bonds is 2. The molecule has 2 rings (SSSR count). The first kappa shape index (κ1) is 10.1. The van der Waals surface area contributed by atoms with Crippen molar-refractivity contribution in [2.45, 2.75) is 31.2 Å². The largest absolute Gasteiger partial charge is 0.385 e. The van der Waals surface area contributed by atoms with E-state index in [9.17, 15) is 4.79 Å². The first-order valence-corrected chi connectivity index (χ1v) is 5.36. The number of nitrogens with two attached hydrogens (primary N) is 1. The lowest BCUT2D eigenvalue weighted by molar-refractivity contribution is 0.185. The molecule has 0 aromatic heterocycles. The van der Waals surface area contributed by atoms with Gasteiger partial charge in [0.05, 0.1) is 5.54 Å². The lowest BCUT2D eigenvalue weighted by Crippen LogP contribution is -2.46. The quantitative estimate of drug-likeness (QED) is 0.671. The highest BCUT2D eigenvalue weighted by molar-refractivity contribution is 5.80. The molecular weight excluding hydrogens is 190 g/mol. The number of amides is 2. The summed E-state index contributed by atoms with van der Waals surface area (Å²) in [5.41, 5.74) is 5.82. The van der Waals surface area contributed by atoms with Crippen LogP contribution in [0.2, 0.25) is 0 Å². The Bertz CT molecular complexity index is 316. The topological polar surface area (TPSA) is 58.4 Å². The van der Waals surface area contributed by atoms with Crippen molar-refractivity contribution in [3.63, 3.8) is 0 Å². The highest BCUT2D eigenvalue weighted by Crippen LogP contribution is 2.38. The molecule has 15 heavy (non-hydrogen) atoms. The van der Waals surface area contributed by atoms with Crippen LogP contribution in [0.3, 0.4) is 0 Å². The molecule has 0 atom stereocenters. The minimum absolute atomic E-state index is 0.0688. The summed E-state index contributed by atoms with van der Waals surface area (Å²) in [4.78, 5) is 13.4. The van der Waals surface area contributed by atoms with E-state index in [1.807, 2.05) is 0 Å². The highest BCUT2D eigenvalue weighted by atomic mass is 16.2. The average Bonchev–Trinajstić information content (AvgIpc) is 2.77. The Morgan fingerprint density at radius 2 is 2.20 bits per heavy atom. The van der Waals surface area contributed by atoms with Gasteiger partial charge in [-0.15, -0.1) is 0 Å². The van der Waals surface area contributed by atoms with Crippen LogP contribution in [0.15, 0.2) is 24.6 Å². The van der Waals surface area contributed by atoms with E-state index >= 15 is 0 Å². The summed E-state index contributed by atoms with van der Waals surface area (Å²) in [6, 6.07) is -0.0764. The van der Waals surface area contributed by atoms with Crippen LogP contribution in [0.5, 0.6) is 0 Å². The van der Waals surface area contributed by atoms with Gasteiger partial charge in [0.1, 0.15) is 5.82 Å². The number of hydrogen-bond donors (Lipinski definition) is 2. The second-order valence-corrected chi connectivity index (χ2v) is 4.25. The van der Waals surface area contributed by atoms with Gasteiger partial charge in [0.2, 0.25) is 0 Å². The van der Waals surface area contributed by atoms with Crippen LogP contribution in [-0.2, 0) is 0 Å². The van der Waals surface area contributed by atoms with Crippen LogP contribution in [0.4, 0.5) is 4.79 Å². The van der Waals surface area contributed by atoms with Gasteiger partial charge in [-0.05, 0) is 18.9 Å². The van der Waals surface area contributed by atoms with Gasteiger partial charge in [0.15, 0.2) is 0 Å². The molecule has 1 saturated heterocycles. The van der Waals surface area contributed by atoms with Crippen LogP contribution in [0, 0.1) is 0 Å². The Balaban J connectivity index is 2.29. The van der Waals surface area contributed by atoms with E-state index in [-0.39, 0.29) is 11.6 Å². The average molecular weight is 207 g/mol. The zero-order chi connectivity index (χ0) is 10.9. The summed E-state index contributed by atoms with van der Waals surface area (Å²) in [5, 5.41) is 2.87.